The normalized spacial score (nSPS) is 11.9. The standard InChI is InChI=1S/C14H19N3O2S/c1-3-11-20(18,19)16(2)12-13-7-4-5-8-14(13)17-10-6-9-15-17/h4-10H,3,11-12H2,1-2H3. The fourth-order valence-corrected chi connectivity index (χ4v) is 3.19. The molecule has 0 saturated heterocycles. The van der Waals surface area contributed by atoms with Gasteiger partial charge in [0, 0.05) is 26.0 Å². The maximum Gasteiger partial charge on any atom is 0.214 e. The van der Waals surface area contributed by atoms with Gasteiger partial charge in [0.1, 0.15) is 0 Å². The number of sulfonamides is 1. The molecule has 1 aromatic carbocycles. The molecule has 0 aliphatic rings. The minimum atomic E-state index is -3.19. The Morgan fingerprint density at radius 2 is 2.00 bits per heavy atom. The summed E-state index contributed by atoms with van der Waals surface area (Å²) in [5.41, 5.74) is 1.83. The molecule has 5 nitrogen and oxygen atoms in total. The lowest BCUT2D eigenvalue weighted by molar-refractivity contribution is 0.465. The molecule has 0 spiro atoms. The van der Waals surface area contributed by atoms with E-state index in [1.54, 1.807) is 17.9 Å². The van der Waals surface area contributed by atoms with Crippen LogP contribution in [0.25, 0.3) is 5.69 Å². The van der Waals surface area contributed by atoms with Gasteiger partial charge in [-0.15, -0.1) is 0 Å². The Balaban J connectivity index is 2.27. The zero-order valence-electron chi connectivity index (χ0n) is 11.7. The van der Waals surface area contributed by atoms with E-state index in [-0.39, 0.29) is 5.75 Å². The van der Waals surface area contributed by atoms with Crippen molar-refractivity contribution in [1.29, 1.82) is 0 Å². The van der Waals surface area contributed by atoms with E-state index in [1.165, 1.54) is 4.31 Å². The Kier molecular flexibility index (Phi) is 4.57. The summed E-state index contributed by atoms with van der Waals surface area (Å²) in [6, 6.07) is 9.52. The van der Waals surface area contributed by atoms with E-state index >= 15 is 0 Å². The second-order valence-corrected chi connectivity index (χ2v) is 6.85. The molecule has 0 saturated carbocycles. The molecule has 20 heavy (non-hydrogen) atoms. The van der Waals surface area contributed by atoms with Gasteiger partial charge in [-0.2, -0.15) is 5.10 Å². The number of benzene rings is 1. The van der Waals surface area contributed by atoms with Crippen LogP contribution in [0, 0.1) is 0 Å². The third kappa shape index (κ3) is 3.26. The Labute approximate surface area is 119 Å². The molecule has 0 amide bonds. The lowest BCUT2D eigenvalue weighted by atomic mass is 10.2. The number of para-hydroxylation sites is 1. The first-order chi connectivity index (χ1) is 9.54. The van der Waals surface area contributed by atoms with E-state index in [0.717, 1.165) is 11.3 Å². The topological polar surface area (TPSA) is 55.2 Å². The summed E-state index contributed by atoms with van der Waals surface area (Å²) in [4.78, 5) is 0. The van der Waals surface area contributed by atoms with Gasteiger partial charge in [0.05, 0.1) is 11.4 Å². The van der Waals surface area contributed by atoms with E-state index < -0.39 is 10.0 Å². The van der Waals surface area contributed by atoms with Crippen LogP contribution in [-0.4, -0.2) is 35.3 Å². The lowest BCUT2D eigenvalue weighted by Gasteiger charge is -2.18. The van der Waals surface area contributed by atoms with Crippen LogP contribution >= 0.6 is 0 Å². The summed E-state index contributed by atoms with van der Waals surface area (Å²) in [6.45, 7) is 2.21. The van der Waals surface area contributed by atoms with Crippen molar-refractivity contribution in [1.82, 2.24) is 14.1 Å². The van der Waals surface area contributed by atoms with Crippen molar-refractivity contribution < 1.29 is 8.42 Å². The summed E-state index contributed by atoms with van der Waals surface area (Å²) < 4.78 is 27.2. The Hall–Kier alpha value is -1.66. The molecular weight excluding hydrogens is 274 g/mol. The van der Waals surface area contributed by atoms with E-state index in [2.05, 4.69) is 5.10 Å². The van der Waals surface area contributed by atoms with E-state index in [1.807, 2.05) is 43.5 Å². The number of rotatable bonds is 6. The van der Waals surface area contributed by atoms with Gasteiger partial charge < -0.3 is 0 Å². The van der Waals surface area contributed by atoms with Crippen molar-refractivity contribution in [2.45, 2.75) is 19.9 Å². The van der Waals surface area contributed by atoms with Gasteiger partial charge in [0.25, 0.3) is 0 Å². The highest BCUT2D eigenvalue weighted by atomic mass is 32.2. The SMILES string of the molecule is CCCS(=O)(=O)N(C)Cc1ccccc1-n1cccn1. The monoisotopic (exact) mass is 293 g/mol. The predicted octanol–water partition coefficient (Wildman–Crippen LogP) is 2.04. The third-order valence-electron chi connectivity index (χ3n) is 3.07. The number of hydrogen-bond donors (Lipinski definition) is 0. The Bertz CT molecular complexity index is 651. The van der Waals surface area contributed by atoms with Crippen molar-refractivity contribution in [3.05, 3.63) is 48.3 Å². The fraction of sp³-hybridized carbons (Fsp3) is 0.357. The van der Waals surface area contributed by atoms with Gasteiger partial charge in [-0.25, -0.2) is 17.4 Å². The molecule has 0 fully saturated rings. The first kappa shape index (κ1) is 14.7. The summed E-state index contributed by atoms with van der Waals surface area (Å²) >= 11 is 0. The van der Waals surface area contributed by atoms with Crippen molar-refractivity contribution in [2.24, 2.45) is 0 Å². The maximum absolute atomic E-state index is 12.0. The molecule has 0 bridgehead atoms. The van der Waals surface area contributed by atoms with Crippen LogP contribution in [-0.2, 0) is 16.6 Å². The van der Waals surface area contributed by atoms with Crippen molar-refractivity contribution >= 4 is 10.0 Å². The summed E-state index contributed by atoms with van der Waals surface area (Å²) in [5.74, 6) is 0.174. The average molecular weight is 293 g/mol. The molecule has 0 radical (unpaired) electrons. The average Bonchev–Trinajstić information content (AvgIpc) is 2.93. The van der Waals surface area contributed by atoms with Gasteiger partial charge in [-0.05, 0) is 24.1 Å². The molecule has 2 rings (SSSR count). The molecule has 2 aromatic rings. The highest BCUT2D eigenvalue weighted by Crippen LogP contribution is 2.16. The van der Waals surface area contributed by atoms with E-state index in [0.29, 0.717) is 13.0 Å². The van der Waals surface area contributed by atoms with Crippen molar-refractivity contribution in [3.63, 3.8) is 0 Å². The van der Waals surface area contributed by atoms with Crippen LogP contribution in [0.2, 0.25) is 0 Å². The predicted molar refractivity (Wildman–Crippen MR) is 79.1 cm³/mol. The zero-order chi connectivity index (χ0) is 14.6. The van der Waals surface area contributed by atoms with Crippen LogP contribution in [0.5, 0.6) is 0 Å². The van der Waals surface area contributed by atoms with Gasteiger partial charge in [-0.3, -0.25) is 0 Å². The third-order valence-corrected chi connectivity index (χ3v) is 5.08. The number of aromatic nitrogens is 2. The Morgan fingerprint density at radius 1 is 1.25 bits per heavy atom. The summed E-state index contributed by atoms with van der Waals surface area (Å²) in [6.07, 6.45) is 4.17. The van der Waals surface area contributed by atoms with Crippen LogP contribution in [0.3, 0.4) is 0 Å². The van der Waals surface area contributed by atoms with Gasteiger partial charge in [-0.1, -0.05) is 25.1 Å². The minimum absolute atomic E-state index is 0.174. The smallest absolute Gasteiger partial charge is 0.214 e. The van der Waals surface area contributed by atoms with Crippen LogP contribution in [0.1, 0.15) is 18.9 Å². The fourth-order valence-electron chi connectivity index (χ4n) is 2.03. The quantitative estimate of drug-likeness (QED) is 0.819. The van der Waals surface area contributed by atoms with Crippen LogP contribution < -0.4 is 0 Å². The second-order valence-electron chi connectivity index (χ2n) is 4.65. The van der Waals surface area contributed by atoms with Crippen molar-refractivity contribution in [2.75, 3.05) is 12.8 Å². The zero-order valence-corrected chi connectivity index (χ0v) is 12.5. The summed E-state index contributed by atoms with van der Waals surface area (Å²) in [7, 11) is -1.57. The first-order valence-electron chi connectivity index (χ1n) is 6.56. The minimum Gasteiger partial charge on any atom is -0.241 e. The molecule has 108 valence electrons. The lowest BCUT2D eigenvalue weighted by Crippen LogP contribution is -2.29. The second kappa shape index (κ2) is 6.19. The molecule has 0 aliphatic heterocycles. The maximum atomic E-state index is 12.0. The Morgan fingerprint density at radius 3 is 2.65 bits per heavy atom. The van der Waals surface area contributed by atoms with Crippen LogP contribution in [0.15, 0.2) is 42.7 Å². The molecule has 0 aliphatic carbocycles. The van der Waals surface area contributed by atoms with Gasteiger partial charge in [0.15, 0.2) is 0 Å². The summed E-state index contributed by atoms with van der Waals surface area (Å²) in [5, 5.41) is 4.20. The highest BCUT2D eigenvalue weighted by molar-refractivity contribution is 7.89. The molecule has 0 N–H and O–H groups in total. The largest absolute Gasteiger partial charge is 0.241 e. The van der Waals surface area contributed by atoms with E-state index in [4.69, 9.17) is 0 Å². The first-order valence-corrected chi connectivity index (χ1v) is 8.17. The van der Waals surface area contributed by atoms with Gasteiger partial charge in [0.2, 0.25) is 10.0 Å². The molecule has 0 atom stereocenters. The van der Waals surface area contributed by atoms with Crippen LogP contribution in [0.4, 0.5) is 0 Å². The molecule has 1 aromatic heterocycles. The van der Waals surface area contributed by atoms with Crippen molar-refractivity contribution in [3.8, 4) is 5.69 Å². The number of nitrogens with zero attached hydrogens (tertiary/aromatic N) is 3. The molecular formula is C14H19N3O2S. The molecule has 0 unspecified atom stereocenters. The van der Waals surface area contributed by atoms with Gasteiger partial charge >= 0.3 is 0 Å². The number of hydrogen-bond acceptors (Lipinski definition) is 3. The highest BCUT2D eigenvalue weighted by Gasteiger charge is 2.18. The molecule has 1 heterocycles. The molecule has 6 heteroatoms. The van der Waals surface area contributed by atoms with E-state index in [9.17, 15) is 8.42 Å².